The summed E-state index contributed by atoms with van der Waals surface area (Å²) in [7, 11) is 0. The van der Waals surface area contributed by atoms with Gasteiger partial charge in [-0.05, 0) is 46.3 Å². The Balaban J connectivity index is 2.41. The lowest BCUT2D eigenvalue weighted by atomic mass is 10.2. The van der Waals surface area contributed by atoms with Gasteiger partial charge in [0.25, 0.3) is 0 Å². The SMILES string of the molecule is O=Cc1ccc(Br)cc1Oc1cc(F)ccc1Br. The maximum atomic E-state index is 13.1. The van der Waals surface area contributed by atoms with E-state index in [1.807, 2.05) is 0 Å². The van der Waals surface area contributed by atoms with E-state index in [1.54, 1.807) is 24.3 Å². The largest absolute Gasteiger partial charge is 0.455 e. The number of halogens is 3. The van der Waals surface area contributed by atoms with Gasteiger partial charge in [-0.2, -0.15) is 0 Å². The van der Waals surface area contributed by atoms with Crippen LogP contribution in [0.25, 0.3) is 0 Å². The van der Waals surface area contributed by atoms with E-state index in [9.17, 15) is 9.18 Å². The van der Waals surface area contributed by atoms with Gasteiger partial charge in [-0.3, -0.25) is 4.79 Å². The van der Waals surface area contributed by atoms with Gasteiger partial charge < -0.3 is 4.74 Å². The number of aldehydes is 1. The van der Waals surface area contributed by atoms with Crippen LogP contribution in [0.3, 0.4) is 0 Å². The van der Waals surface area contributed by atoms with Crippen LogP contribution in [-0.2, 0) is 0 Å². The molecule has 0 saturated carbocycles. The van der Waals surface area contributed by atoms with Crippen LogP contribution in [0.2, 0.25) is 0 Å². The van der Waals surface area contributed by atoms with Crippen molar-refractivity contribution in [3.8, 4) is 11.5 Å². The van der Waals surface area contributed by atoms with Crippen LogP contribution in [0.1, 0.15) is 10.4 Å². The summed E-state index contributed by atoms with van der Waals surface area (Å²) in [5.41, 5.74) is 0.398. The van der Waals surface area contributed by atoms with Crippen molar-refractivity contribution in [3.05, 3.63) is 56.7 Å². The predicted octanol–water partition coefficient (Wildman–Crippen LogP) is 4.96. The van der Waals surface area contributed by atoms with Crippen LogP contribution < -0.4 is 4.74 Å². The molecule has 2 nitrogen and oxygen atoms in total. The molecule has 2 aromatic rings. The first-order valence-electron chi connectivity index (χ1n) is 4.98. The van der Waals surface area contributed by atoms with Gasteiger partial charge >= 0.3 is 0 Å². The highest BCUT2D eigenvalue weighted by Gasteiger charge is 2.09. The number of hydrogen-bond acceptors (Lipinski definition) is 2. The van der Waals surface area contributed by atoms with E-state index in [4.69, 9.17) is 4.74 Å². The van der Waals surface area contributed by atoms with Crippen LogP contribution >= 0.6 is 31.9 Å². The molecule has 0 radical (unpaired) electrons. The molecule has 0 unspecified atom stereocenters. The van der Waals surface area contributed by atoms with E-state index < -0.39 is 5.82 Å². The monoisotopic (exact) mass is 372 g/mol. The molecule has 0 aromatic heterocycles. The molecule has 0 amide bonds. The summed E-state index contributed by atoms with van der Waals surface area (Å²) in [6.07, 6.45) is 0.689. The minimum atomic E-state index is -0.407. The zero-order valence-electron chi connectivity index (χ0n) is 8.99. The molecule has 18 heavy (non-hydrogen) atoms. The summed E-state index contributed by atoms with van der Waals surface area (Å²) in [4.78, 5) is 10.9. The van der Waals surface area contributed by atoms with E-state index >= 15 is 0 Å². The third-order valence-electron chi connectivity index (χ3n) is 2.22. The molecule has 0 spiro atoms. The molecule has 0 aliphatic heterocycles. The quantitative estimate of drug-likeness (QED) is 0.711. The fraction of sp³-hybridized carbons (Fsp3) is 0. The fourth-order valence-corrected chi connectivity index (χ4v) is 2.04. The summed E-state index contributed by atoms with van der Waals surface area (Å²) >= 11 is 6.55. The zero-order valence-corrected chi connectivity index (χ0v) is 12.2. The molecular weight excluding hydrogens is 367 g/mol. The molecule has 5 heteroatoms. The number of ether oxygens (including phenoxy) is 1. The minimum Gasteiger partial charge on any atom is -0.455 e. The highest BCUT2D eigenvalue weighted by molar-refractivity contribution is 9.10. The van der Waals surface area contributed by atoms with Crippen molar-refractivity contribution in [1.82, 2.24) is 0 Å². The lowest BCUT2D eigenvalue weighted by Gasteiger charge is -2.10. The Labute approximate surface area is 120 Å². The molecule has 92 valence electrons. The highest BCUT2D eigenvalue weighted by Crippen LogP contribution is 2.33. The lowest BCUT2D eigenvalue weighted by molar-refractivity contribution is 0.112. The van der Waals surface area contributed by atoms with Crippen molar-refractivity contribution in [1.29, 1.82) is 0 Å². The number of carbonyl (C=O) groups excluding carboxylic acids is 1. The van der Waals surface area contributed by atoms with Crippen molar-refractivity contribution in [2.75, 3.05) is 0 Å². The van der Waals surface area contributed by atoms with Crippen molar-refractivity contribution >= 4 is 38.1 Å². The van der Waals surface area contributed by atoms with Gasteiger partial charge in [0, 0.05) is 10.5 Å². The third-order valence-corrected chi connectivity index (χ3v) is 3.36. The van der Waals surface area contributed by atoms with Crippen LogP contribution in [0.5, 0.6) is 11.5 Å². The molecule has 0 N–H and O–H groups in total. The standard InChI is InChI=1S/C13H7Br2FO2/c14-9-2-1-8(7-17)12(5-9)18-13-6-10(16)3-4-11(13)15/h1-7H. The summed E-state index contributed by atoms with van der Waals surface area (Å²) in [6.45, 7) is 0. The third kappa shape index (κ3) is 2.97. The Bertz CT molecular complexity index is 600. The maximum Gasteiger partial charge on any atom is 0.153 e. The Hall–Kier alpha value is -1.20. The Morgan fingerprint density at radius 2 is 1.83 bits per heavy atom. The molecule has 0 aliphatic rings. The van der Waals surface area contributed by atoms with E-state index in [-0.39, 0.29) is 0 Å². The van der Waals surface area contributed by atoms with Gasteiger partial charge in [0.2, 0.25) is 0 Å². The van der Waals surface area contributed by atoms with Crippen molar-refractivity contribution in [3.63, 3.8) is 0 Å². The smallest absolute Gasteiger partial charge is 0.153 e. The molecule has 0 aliphatic carbocycles. The molecule has 0 fully saturated rings. The second-order valence-corrected chi connectivity index (χ2v) is 5.25. The van der Waals surface area contributed by atoms with Crippen molar-refractivity contribution in [2.24, 2.45) is 0 Å². The van der Waals surface area contributed by atoms with Crippen molar-refractivity contribution < 1.29 is 13.9 Å². The molecule has 0 bridgehead atoms. The highest BCUT2D eigenvalue weighted by atomic mass is 79.9. The number of hydrogen-bond donors (Lipinski definition) is 0. The van der Waals surface area contributed by atoms with Crippen LogP contribution in [0, 0.1) is 5.82 Å². The zero-order chi connectivity index (χ0) is 13.1. The molecule has 2 aromatic carbocycles. The van der Waals surface area contributed by atoms with E-state index in [1.165, 1.54) is 12.1 Å². The predicted molar refractivity (Wildman–Crippen MR) is 73.7 cm³/mol. The molecular formula is C13H7Br2FO2. The van der Waals surface area contributed by atoms with Crippen LogP contribution in [0.15, 0.2) is 45.3 Å². The normalized spacial score (nSPS) is 10.2. The second kappa shape index (κ2) is 5.63. The van der Waals surface area contributed by atoms with Crippen molar-refractivity contribution in [2.45, 2.75) is 0 Å². The average molecular weight is 374 g/mol. The minimum absolute atomic E-state index is 0.316. The Kier molecular flexibility index (Phi) is 4.14. The first-order chi connectivity index (χ1) is 8.60. The maximum absolute atomic E-state index is 13.1. The Morgan fingerprint density at radius 1 is 1.06 bits per heavy atom. The van der Waals surface area contributed by atoms with Crippen LogP contribution in [0.4, 0.5) is 4.39 Å². The van der Waals surface area contributed by atoms with Gasteiger partial charge in [0.05, 0.1) is 10.0 Å². The molecule has 0 atom stereocenters. The molecule has 0 heterocycles. The van der Waals surface area contributed by atoms with E-state index in [0.29, 0.717) is 27.8 Å². The van der Waals surface area contributed by atoms with Gasteiger partial charge in [-0.15, -0.1) is 0 Å². The summed E-state index contributed by atoms with van der Waals surface area (Å²) in [6, 6.07) is 9.12. The van der Waals surface area contributed by atoms with Gasteiger partial charge in [-0.25, -0.2) is 4.39 Å². The summed E-state index contributed by atoms with van der Waals surface area (Å²) < 4.78 is 20.1. The lowest BCUT2D eigenvalue weighted by Crippen LogP contribution is -1.92. The average Bonchev–Trinajstić information content (AvgIpc) is 2.34. The van der Waals surface area contributed by atoms with E-state index in [0.717, 1.165) is 4.47 Å². The number of rotatable bonds is 3. The van der Waals surface area contributed by atoms with Gasteiger partial charge in [0.1, 0.15) is 17.3 Å². The van der Waals surface area contributed by atoms with Gasteiger partial charge in [-0.1, -0.05) is 15.9 Å². The Morgan fingerprint density at radius 3 is 2.56 bits per heavy atom. The fourth-order valence-electron chi connectivity index (χ4n) is 1.37. The molecule has 0 saturated heterocycles. The first-order valence-corrected chi connectivity index (χ1v) is 6.56. The first kappa shape index (κ1) is 13.2. The second-order valence-electron chi connectivity index (χ2n) is 3.48. The summed E-state index contributed by atoms with van der Waals surface area (Å²) in [5, 5.41) is 0. The number of benzene rings is 2. The topological polar surface area (TPSA) is 26.3 Å². The van der Waals surface area contributed by atoms with Gasteiger partial charge in [0.15, 0.2) is 6.29 Å². The summed E-state index contributed by atoms with van der Waals surface area (Å²) in [5.74, 6) is 0.276. The number of carbonyl (C=O) groups is 1. The van der Waals surface area contributed by atoms with E-state index in [2.05, 4.69) is 31.9 Å². The molecule has 2 rings (SSSR count). The van der Waals surface area contributed by atoms with Crippen LogP contribution in [-0.4, -0.2) is 6.29 Å².